The quantitative estimate of drug-likeness (QED) is 0.640. The Labute approximate surface area is 133 Å². The first-order chi connectivity index (χ1) is 10.9. The van der Waals surface area contributed by atoms with Gasteiger partial charge in [0.1, 0.15) is 0 Å². The zero-order chi connectivity index (χ0) is 17.0. The second-order valence-electron chi connectivity index (χ2n) is 5.13. The van der Waals surface area contributed by atoms with Crippen LogP contribution in [-0.4, -0.2) is 22.8 Å². The molecule has 1 amide bonds. The van der Waals surface area contributed by atoms with Crippen molar-refractivity contribution in [3.05, 3.63) is 75.3 Å². The van der Waals surface area contributed by atoms with Crippen LogP contribution in [0.2, 0.25) is 0 Å². The van der Waals surface area contributed by atoms with E-state index in [4.69, 9.17) is 5.26 Å². The predicted octanol–water partition coefficient (Wildman–Crippen LogP) is 3.30. The summed E-state index contributed by atoms with van der Waals surface area (Å²) in [5.41, 5.74) is 1.62. The lowest BCUT2D eigenvalue weighted by Gasteiger charge is -2.25. The summed E-state index contributed by atoms with van der Waals surface area (Å²) in [6, 6.07) is 14.3. The fraction of sp³-hybridized carbons (Fsp3) is 0.176. The van der Waals surface area contributed by atoms with E-state index < -0.39 is 4.92 Å². The third kappa shape index (κ3) is 3.52. The highest BCUT2D eigenvalue weighted by Gasteiger charge is 2.20. The fourth-order valence-electron chi connectivity index (χ4n) is 2.19. The summed E-state index contributed by atoms with van der Waals surface area (Å²) < 4.78 is 0. The second-order valence-corrected chi connectivity index (χ2v) is 5.13. The molecule has 2 aromatic rings. The zero-order valence-electron chi connectivity index (χ0n) is 12.8. The molecule has 0 heterocycles. The van der Waals surface area contributed by atoms with Crippen LogP contribution < -0.4 is 0 Å². The molecule has 0 spiro atoms. The standard InChI is InChI=1S/C17H15N3O3/c1-12(15-4-3-5-16(10-15)20(22)23)19(2)17(21)14-8-6-13(11-18)7-9-14/h3-10,12H,1-2H3/t12-/m0/s1. The first kappa shape index (κ1) is 16.2. The van der Waals surface area contributed by atoms with Gasteiger partial charge in [-0.15, -0.1) is 0 Å². The lowest BCUT2D eigenvalue weighted by atomic mass is 10.0. The Kier molecular flexibility index (Phi) is 4.72. The minimum atomic E-state index is -0.460. The normalized spacial score (nSPS) is 11.3. The molecule has 0 radical (unpaired) electrons. The number of carbonyl (C=O) groups is 1. The smallest absolute Gasteiger partial charge is 0.269 e. The molecule has 0 aliphatic heterocycles. The van der Waals surface area contributed by atoms with E-state index in [2.05, 4.69) is 0 Å². The Hall–Kier alpha value is -3.20. The molecular formula is C17H15N3O3. The van der Waals surface area contributed by atoms with Crippen LogP contribution in [0.15, 0.2) is 48.5 Å². The summed E-state index contributed by atoms with van der Waals surface area (Å²) in [7, 11) is 1.64. The van der Waals surface area contributed by atoms with E-state index in [9.17, 15) is 14.9 Å². The van der Waals surface area contributed by atoms with Gasteiger partial charge in [0.2, 0.25) is 0 Å². The molecule has 1 atom stereocenters. The minimum absolute atomic E-state index is 0.00595. The summed E-state index contributed by atoms with van der Waals surface area (Å²) >= 11 is 0. The van der Waals surface area contributed by atoms with Gasteiger partial charge >= 0.3 is 0 Å². The molecule has 2 aromatic carbocycles. The van der Waals surface area contributed by atoms with E-state index in [1.807, 2.05) is 6.07 Å². The van der Waals surface area contributed by atoms with Crippen LogP contribution in [0.5, 0.6) is 0 Å². The maximum absolute atomic E-state index is 12.5. The number of hydrogen-bond donors (Lipinski definition) is 0. The molecule has 0 aliphatic rings. The molecule has 0 saturated heterocycles. The van der Waals surface area contributed by atoms with E-state index in [-0.39, 0.29) is 17.6 Å². The van der Waals surface area contributed by atoms with Gasteiger partial charge in [-0.2, -0.15) is 5.26 Å². The Morgan fingerprint density at radius 2 is 1.91 bits per heavy atom. The first-order valence-corrected chi connectivity index (χ1v) is 6.95. The molecule has 0 fully saturated rings. The minimum Gasteiger partial charge on any atom is -0.335 e. The number of rotatable bonds is 4. The molecule has 0 aliphatic carbocycles. The van der Waals surface area contributed by atoms with Gasteiger partial charge in [0, 0.05) is 24.7 Å². The van der Waals surface area contributed by atoms with Crippen molar-refractivity contribution in [2.75, 3.05) is 7.05 Å². The number of nitro benzene ring substituents is 1. The van der Waals surface area contributed by atoms with Crippen LogP contribution in [0.4, 0.5) is 5.69 Å². The third-order valence-corrected chi connectivity index (χ3v) is 3.73. The molecule has 0 bridgehead atoms. The van der Waals surface area contributed by atoms with E-state index in [1.165, 1.54) is 17.0 Å². The van der Waals surface area contributed by atoms with E-state index in [1.54, 1.807) is 50.4 Å². The van der Waals surface area contributed by atoms with Crippen molar-refractivity contribution in [1.82, 2.24) is 4.90 Å². The summed E-state index contributed by atoms with van der Waals surface area (Å²) in [5.74, 6) is -0.214. The zero-order valence-corrected chi connectivity index (χ0v) is 12.8. The summed E-state index contributed by atoms with van der Waals surface area (Å²) in [6.45, 7) is 1.81. The molecule has 116 valence electrons. The molecule has 0 aromatic heterocycles. The van der Waals surface area contributed by atoms with Crippen LogP contribution in [0.1, 0.15) is 34.5 Å². The molecule has 6 nitrogen and oxygen atoms in total. The van der Waals surface area contributed by atoms with Crippen molar-refractivity contribution in [2.45, 2.75) is 13.0 Å². The Bertz CT molecular complexity index is 778. The maximum Gasteiger partial charge on any atom is 0.269 e. The van der Waals surface area contributed by atoms with Crippen molar-refractivity contribution >= 4 is 11.6 Å². The van der Waals surface area contributed by atoms with Crippen molar-refractivity contribution in [2.24, 2.45) is 0 Å². The van der Waals surface area contributed by atoms with Crippen molar-refractivity contribution in [3.8, 4) is 6.07 Å². The van der Waals surface area contributed by atoms with Crippen molar-refractivity contribution in [3.63, 3.8) is 0 Å². The number of nitrogens with zero attached hydrogens (tertiary/aromatic N) is 3. The van der Waals surface area contributed by atoms with E-state index in [0.29, 0.717) is 16.7 Å². The van der Waals surface area contributed by atoms with Crippen LogP contribution >= 0.6 is 0 Å². The van der Waals surface area contributed by atoms with Crippen LogP contribution in [-0.2, 0) is 0 Å². The molecule has 2 rings (SSSR count). The molecule has 0 saturated carbocycles. The number of carbonyl (C=O) groups excluding carboxylic acids is 1. The molecule has 0 unspecified atom stereocenters. The van der Waals surface area contributed by atoms with Gasteiger partial charge in [0.25, 0.3) is 11.6 Å². The Morgan fingerprint density at radius 3 is 2.48 bits per heavy atom. The third-order valence-electron chi connectivity index (χ3n) is 3.73. The molecule has 23 heavy (non-hydrogen) atoms. The predicted molar refractivity (Wildman–Crippen MR) is 84.8 cm³/mol. The average Bonchev–Trinajstić information content (AvgIpc) is 2.60. The first-order valence-electron chi connectivity index (χ1n) is 6.95. The summed E-state index contributed by atoms with van der Waals surface area (Å²) in [5, 5.41) is 19.6. The highest BCUT2D eigenvalue weighted by molar-refractivity contribution is 5.94. The molecule has 0 N–H and O–H groups in total. The van der Waals surface area contributed by atoms with Gasteiger partial charge in [-0.05, 0) is 36.8 Å². The number of hydrogen-bond acceptors (Lipinski definition) is 4. The largest absolute Gasteiger partial charge is 0.335 e. The Morgan fingerprint density at radius 1 is 1.26 bits per heavy atom. The fourth-order valence-corrected chi connectivity index (χ4v) is 2.19. The number of nitro groups is 1. The van der Waals surface area contributed by atoms with Crippen molar-refractivity contribution in [1.29, 1.82) is 5.26 Å². The average molecular weight is 309 g/mol. The Balaban J connectivity index is 2.22. The van der Waals surface area contributed by atoms with Gasteiger partial charge in [-0.25, -0.2) is 0 Å². The highest BCUT2D eigenvalue weighted by atomic mass is 16.6. The number of nitriles is 1. The summed E-state index contributed by atoms with van der Waals surface area (Å²) in [6.07, 6.45) is 0. The number of amides is 1. The molecule has 6 heteroatoms. The SMILES string of the molecule is C[C@@H](c1cccc([N+](=O)[O-])c1)N(C)C(=O)c1ccc(C#N)cc1. The van der Waals surface area contributed by atoms with E-state index >= 15 is 0 Å². The van der Waals surface area contributed by atoms with Crippen LogP contribution in [0, 0.1) is 21.4 Å². The van der Waals surface area contributed by atoms with Crippen molar-refractivity contribution < 1.29 is 9.72 Å². The number of benzene rings is 2. The molecular weight excluding hydrogens is 294 g/mol. The van der Waals surface area contributed by atoms with Gasteiger partial charge in [-0.3, -0.25) is 14.9 Å². The van der Waals surface area contributed by atoms with Gasteiger partial charge in [-0.1, -0.05) is 12.1 Å². The lowest BCUT2D eigenvalue weighted by Crippen LogP contribution is -2.29. The monoisotopic (exact) mass is 309 g/mol. The lowest BCUT2D eigenvalue weighted by molar-refractivity contribution is -0.384. The number of non-ortho nitro benzene ring substituents is 1. The van der Waals surface area contributed by atoms with Gasteiger partial charge < -0.3 is 4.90 Å². The van der Waals surface area contributed by atoms with Crippen LogP contribution in [0.25, 0.3) is 0 Å². The van der Waals surface area contributed by atoms with Gasteiger partial charge in [0.05, 0.1) is 22.6 Å². The highest BCUT2D eigenvalue weighted by Crippen LogP contribution is 2.24. The maximum atomic E-state index is 12.5. The topological polar surface area (TPSA) is 87.2 Å². The van der Waals surface area contributed by atoms with Crippen LogP contribution in [0.3, 0.4) is 0 Å². The van der Waals surface area contributed by atoms with Gasteiger partial charge in [0.15, 0.2) is 0 Å². The summed E-state index contributed by atoms with van der Waals surface area (Å²) in [4.78, 5) is 24.4. The van der Waals surface area contributed by atoms with E-state index in [0.717, 1.165) is 0 Å². The second kappa shape index (κ2) is 6.71.